The Balaban J connectivity index is 2.66. The highest BCUT2D eigenvalue weighted by atomic mass is 32.1. The van der Waals surface area contributed by atoms with Gasteiger partial charge in [-0.2, -0.15) is 0 Å². The molecule has 0 heterocycles. The Kier molecular flexibility index (Phi) is 8.10. The van der Waals surface area contributed by atoms with Crippen molar-refractivity contribution in [2.24, 2.45) is 0 Å². The Morgan fingerprint density at radius 2 is 1.03 bits per heavy atom. The molecule has 0 aliphatic rings. The van der Waals surface area contributed by atoms with Gasteiger partial charge in [-0.05, 0) is 52.0 Å². The second kappa shape index (κ2) is 9.75. The lowest BCUT2D eigenvalue weighted by Crippen LogP contribution is -2.40. The molecule has 0 aromatic heterocycles. The van der Waals surface area contributed by atoms with Gasteiger partial charge in [0.25, 0.3) is 0 Å². The molecule has 160 valence electrons. The average molecular weight is 431 g/mol. The van der Waals surface area contributed by atoms with Crippen LogP contribution in [-0.4, -0.2) is 52.3 Å². The molecule has 2 aromatic rings. The first-order chi connectivity index (χ1) is 13.7. The second-order valence-corrected chi connectivity index (χ2v) is 14.2. The Bertz CT molecular complexity index is 705. The zero-order valence-electron chi connectivity index (χ0n) is 19.6. The van der Waals surface area contributed by atoms with Gasteiger partial charge in [-0.3, -0.25) is 0 Å². The van der Waals surface area contributed by atoms with Crippen molar-refractivity contribution in [3.8, 4) is 0 Å². The highest BCUT2D eigenvalue weighted by molar-refractivity contribution is 7.77. The van der Waals surface area contributed by atoms with E-state index >= 15 is 0 Å². The third-order valence-electron chi connectivity index (χ3n) is 6.92. The summed E-state index contributed by atoms with van der Waals surface area (Å²) in [5.74, 6) is 0. The lowest BCUT2D eigenvalue weighted by molar-refractivity contribution is 0.711. The Hall–Kier alpha value is -1.18. The average Bonchev–Trinajstić information content (AvgIpc) is 2.74. The number of nitrogens with zero attached hydrogens (tertiary/aromatic N) is 2. The quantitative estimate of drug-likeness (QED) is 0.352. The van der Waals surface area contributed by atoms with Crippen LogP contribution in [0.5, 0.6) is 0 Å². The maximum Gasteiger partial charge on any atom is 0.0585 e. The molecular weight excluding hydrogens is 391 g/mol. The van der Waals surface area contributed by atoms with Gasteiger partial charge in [0, 0.05) is 46.8 Å². The molecule has 0 saturated heterocycles. The lowest BCUT2D eigenvalue weighted by Gasteiger charge is -2.51. The van der Waals surface area contributed by atoms with E-state index in [9.17, 15) is 0 Å². The van der Waals surface area contributed by atoms with Crippen molar-refractivity contribution in [3.05, 3.63) is 59.7 Å². The first-order valence-corrected chi connectivity index (χ1v) is 13.6. The van der Waals surface area contributed by atoms with E-state index in [1.54, 1.807) is 0 Å². The first kappa shape index (κ1) is 24.1. The normalized spacial score (nSPS) is 13.3. The van der Waals surface area contributed by atoms with Gasteiger partial charge >= 0.3 is 0 Å². The van der Waals surface area contributed by atoms with Gasteiger partial charge in [0.05, 0.1) is 24.1 Å². The van der Waals surface area contributed by atoms with E-state index in [0.29, 0.717) is 5.66 Å². The van der Waals surface area contributed by atoms with Crippen LogP contribution in [0.3, 0.4) is 0 Å². The molecule has 0 bridgehead atoms. The second-order valence-electron chi connectivity index (χ2n) is 8.46. The van der Waals surface area contributed by atoms with Crippen LogP contribution in [0.4, 0.5) is 11.4 Å². The van der Waals surface area contributed by atoms with Crippen LogP contribution in [0.15, 0.2) is 48.5 Å². The number of hydrogen-bond donors (Lipinski definition) is 0. The van der Waals surface area contributed by atoms with E-state index in [4.69, 9.17) is 12.6 Å². The molecule has 1 atom stereocenters. The summed E-state index contributed by atoms with van der Waals surface area (Å²) >= 11 is 6.62. The van der Waals surface area contributed by atoms with Crippen molar-refractivity contribution in [1.82, 2.24) is 0 Å². The first-order valence-electron chi connectivity index (χ1n) is 10.8. The van der Waals surface area contributed by atoms with Gasteiger partial charge in [0.2, 0.25) is 0 Å². The predicted octanol–water partition coefficient (Wildman–Crippen LogP) is 6.07. The van der Waals surface area contributed by atoms with Crippen LogP contribution in [0.25, 0.3) is 0 Å². The molecule has 4 heteroatoms. The Labute approximate surface area is 185 Å². The molecule has 0 spiro atoms. The van der Waals surface area contributed by atoms with Crippen molar-refractivity contribution in [1.29, 1.82) is 0 Å². The minimum atomic E-state index is -1.17. The molecule has 0 aliphatic carbocycles. The molecule has 0 aliphatic heterocycles. The van der Waals surface area contributed by atoms with Gasteiger partial charge in [-0.25, -0.2) is 0 Å². The SMILES string of the molecule is CC[P+](CC)(CC)[C@H](C)C([S-])(c1ccc(N(C)C)cc1)c1ccc(N(C)C)cc1. The van der Waals surface area contributed by atoms with Crippen molar-refractivity contribution in [2.45, 2.75) is 38.1 Å². The molecule has 0 radical (unpaired) electrons. The van der Waals surface area contributed by atoms with Gasteiger partial charge in [0.15, 0.2) is 0 Å². The highest BCUT2D eigenvalue weighted by Gasteiger charge is 2.45. The minimum Gasteiger partial charge on any atom is -0.773 e. The molecule has 0 unspecified atom stereocenters. The largest absolute Gasteiger partial charge is 0.773 e. The van der Waals surface area contributed by atoms with Gasteiger partial charge < -0.3 is 22.4 Å². The maximum atomic E-state index is 6.62. The van der Waals surface area contributed by atoms with Gasteiger partial charge in [0.1, 0.15) is 0 Å². The highest BCUT2D eigenvalue weighted by Crippen LogP contribution is 2.67. The van der Waals surface area contributed by atoms with Crippen molar-refractivity contribution in [3.63, 3.8) is 0 Å². The summed E-state index contributed by atoms with van der Waals surface area (Å²) < 4.78 is -0.411. The third-order valence-corrected chi connectivity index (χ3v) is 13.7. The zero-order valence-corrected chi connectivity index (χ0v) is 21.3. The molecule has 2 nitrogen and oxygen atoms in total. The summed E-state index contributed by atoms with van der Waals surface area (Å²) in [6, 6.07) is 17.9. The summed E-state index contributed by atoms with van der Waals surface area (Å²) in [6.07, 6.45) is 3.77. The summed E-state index contributed by atoms with van der Waals surface area (Å²) in [4.78, 5) is 4.29. The van der Waals surface area contributed by atoms with Crippen LogP contribution >= 0.6 is 7.26 Å². The number of rotatable bonds is 9. The topological polar surface area (TPSA) is 6.48 Å². The Morgan fingerprint density at radius 3 is 1.28 bits per heavy atom. The van der Waals surface area contributed by atoms with Crippen LogP contribution in [0.2, 0.25) is 0 Å². The Morgan fingerprint density at radius 1 is 0.724 bits per heavy atom. The molecular formula is C25H39N2PS. The van der Waals surface area contributed by atoms with E-state index in [1.807, 2.05) is 0 Å². The summed E-state index contributed by atoms with van der Waals surface area (Å²) in [6.45, 7) is 9.54. The van der Waals surface area contributed by atoms with Gasteiger partial charge in [-0.15, -0.1) is 0 Å². The van der Waals surface area contributed by atoms with E-state index in [2.05, 4.69) is 114 Å². The number of anilines is 2. The monoisotopic (exact) mass is 430 g/mol. The van der Waals surface area contributed by atoms with E-state index in [0.717, 1.165) is 0 Å². The number of hydrogen-bond acceptors (Lipinski definition) is 3. The van der Waals surface area contributed by atoms with Crippen LogP contribution in [-0.2, 0) is 17.4 Å². The summed E-state index contributed by atoms with van der Waals surface area (Å²) in [7, 11) is 7.17. The zero-order chi connectivity index (χ0) is 21.8. The fourth-order valence-electron chi connectivity index (χ4n) is 4.54. The van der Waals surface area contributed by atoms with Crippen LogP contribution in [0, 0.1) is 0 Å². The van der Waals surface area contributed by atoms with Crippen LogP contribution in [0.1, 0.15) is 38.8 Å². The fraction of sp³-hybridized carbons (Fsp3) is 0.520. The fourth-order valence-corrected chi connectivity index (χ4v) is 9.54. The van der Waals surface area contributed by atoms with Crippen molar-refractivity contribution >= 4 is 31.3 Å². The van der Waals surface area contributed by atoms with E-state index < -0.39 is 12.0 Å². The molecule has 2 aromatic carbocycles. The standard InChI is InChI=1S/C25H39N2PS/c1-9-28(10-2,11-3)20(4)25(29,21-12-16-23(17-13-21)26(5)6)22-14-18-24(19-15-22)27(7)8/h12-20H,9-11H2,1-8H3/t20-/m1/s1. The molecule has 0 amide bonds. The molecule has 0 fully saturated rings. The molecule has 29 heavy (non-hydrogen) atoms. The smallest absolute Gasteiger partial charge is 0.0585 e. The molecule has 0 N–H and O–H groups in total. The molecule has 0 saturated carbocycles. The predicted molar refractivity (Wildman–Crippen MR) is 138 cm³/mol. The lowest BCUT2D eigenvalue weighted by atomic mass is 9.87. The van der Waals surface area contributed by atoms with Crippen molar-refractivity contribution < 1.29 is 0 Å². The van der Waals surface area contributed by atoms with Gasteiger partial charge in [-0.1, -0.05) is 40.1 Å². The minimum absolute atomic E-state index is 0.411. The summed E-state index contributed by atoms with van der Waals surface area (Å²) in [5, 5.41) is 0. The van der Waals surface area contributed by atoms with E-state index in [1.165, 1.54) is 41.0 Å². The van der Waals surface area contributed by atoms with E-state index in [-0.39, 0.29) is 0 Å². The molecule has 2 rings (SSSR count). The third kappa shape index (κ3) is 4.62. The maximum absolute atomic E-state index is 6.62. The number of benzene rings is 2. The van der Waals surface area contributed by atoms with Crippen LogP contribution < -0.4 is 9.80 Å². The van der Waals surface area contributed by atoms with Crippen molar-refractivity contribution in [2.75, 3.05) is 56.5 Å². The summed E-state index contributed by atoms with van der Waals surface area (Å²) in [5.41, 5.74) is 5.37.